The van der Waals surface area contributed by atoms with E-state index < -0.39 is 20.9 Å². The third-order valence-corrected chi connectivity index (χ3v) is 7.73. The van der Waals surface area contributed by atoms with Crippen LogP contribution in [-0.2, 0) is 22.9 Å². The lowest BCUT2D eigenvalue weighted by Gasteiger charge is -2.11. The molecule has 0 spiro atoms. The minimum atomic E-state index is -4.17. The number of sulfonamides is 1. The number of amides is 1. The highest BCUT2D eigenvalue weighted by molar-refractivity contribution is 7.89. The van der Waals surface area contributed by atoms with Gasteiger partial charge in [-0.05, 0) is 62.3 Å². The van der Waals surface area contributed by atoms with Gasteiger partial charge in [0.05, 0.1) is 14.7 Å². The molecule has 2 aromatic rings. The number of hydrogen-bond acceptors (Lipinski definition) is 6. The zero-order valence-corrected chi connectivity index (χ0v) is 17.9. The smallest absolute Gasteiger partial charge is 0.273 e. The third kappa shape index (κ3) is 4.82. The highest BCUT2D eigenvalue weighted by Crippen LogP contribution is 2.29. The quantitative estimate of drug-likeness (QED) is 0.548. The van der Waals surface area contributed by atoms with Gasteiger partial charge < -0.3 is 0 Å². The molecule has 0 aliphatic heterocycles. The van der Waals surface area contributed by atoms with Crippen LogP contribution in [0, 0.1) is 24.0 Å². The number of carbonyl (C=O) groups excluding carboxylic acids is 1. The van der Waals surface area contributed by atoms with Gasteiger partial charge in [0.1, 0.15) is 0 Å². The number of aryl methyl sites for hydroxylation is 3. The number of nitro benzene ring substituents is 1. The van der Waals surface area contributed by atoms with E-state index in [-0.39, 0.29) is 10.6 Å². The van der Waals surface area contributed by atoms with Crippen LogP contribution in [0.15, 0.2) is 23.1 Å². The first-order valence-electron chi connectivity index (χ1n) is 9.38. The Hall–Kier alpha value is -2.30. The Morgan fingerprint density at radius 1 is 1.10 bits per heavy atom. The number of hydrazine groups is 1. The first-order valence-corrected chi connectivity index (χ1v) is 11.7. The Morgan fingerprint density at radius 3 is 2.48 bits per heavy atom. The van der Waals surface area contributed by atoms with Crippen LogP contribution in [0.25, 0.3) is 0 Å². The molecule has 0 fully saturated rings. The van der Waals surface area contributed by atoms with Gasteiger partial charge in [-0.1, -0.05) is 12.8 Å². The fraction of sp³-hybridized carbons (Fsp3) is 0.421. The Balaban J connectivity index is 1.78. The molecule has 29 heavy (non-hydrogen) atoms. The van der Waals surface area contributed by atoms with E-state index in [9.17, 15) is 23.3 Å². The molecule has 1 aromatic carbocycles. The molecule has 0 saturated carbocycles. The summed E-state index contributed by atoms with van der Waals surface area (Å²) >= 11 is 1.39. The van der Waals surface area contributed by atoms with Gasteiger partial charge in [0.2, 0.25) is 0 Å². The van der Waals surface area contributed by atoms with Gasteiger partial charge in [0.15, 0.2) is 0 Å². The number of non-ortho nitro benzene ring substituents is 1. The average molecular weight is 438 g/mol. The van der Waals surface area contributed by atoms with E-state index in [1.807, 2.05) is 6.07 Å². The number of nitro groups is 1. The molecule has 1 heterocycles. The molecular weight excluding hydrogens is 414 g/mol. The number of benzene rings is 1. The van der Waals surface area contributed by atoms with E-state index in [1.54, 1.807) is 13.8 Å². The normalized spacial score (nSPS) is 14.6. The zero-order chi connectivity index (χ0) is 21.2. The average Bonchev–Trinajstić information content (AvgIpc) is 3.03. The SMILES string of the molecule is Cc1cc([N+](=O)[O-])cc(S(=O)(=O)NNC(=O)c2cc3c(s2)CCCCCC3)c1C. The van der Waals surface area contributed by atoms with Crippen molar-refractivity contribution in [2.45, 2.75) is 57.3 Å². The molecule has 2 N–H and O–H groups in total. The summed E-state index contributed by atoms with van der Waals surface area (Å²) in [6.07, 6.45) is 6.40. The number of nitrogens with one attached hydrogen (secondary N) is 2. The zero-order valence-electron chi connectivity index (χ0n) is 16.3. The molecule has 0 radical (unpaired) electrons. The lowest BCUT2D eigenvalue weighted by molar-refractivity contribution is -0.385. The van der Waals surface area contributed by atoms with Crippen molar-refractivity contribution in [1.29, 1.82) is 0 Å². The largest absolute Gasteiger partial charge is 0.276 e. The van der Waals surface area contributed by atoms with Gasteiger partial charge in [-0.2, -0.15) is 0 Å². The van der Waals surface area contributed by atoms with Crippen molar-refractivity contribution in [3.8, 4) is 0 Å². The standard InChI is InChI=1S/C19H23N3O5S2/c1-12-9-15(22(24)25)11-18(13(12)2)29(26,27)21-20-19(23)17-10-14-7-5-3-4-6-8-16(14)28-17/h9-11,21H,3-8H2,1-2H3,(H,20,23). The van der Waals surface area contributed by atoms with Crippen molar-refractivity contribution in [3.63, 3.8) is 0 Å². The van der Waals surface area contributed by atoms with Crippen LogP contribution in [-0.4, -0.2) is 19.2 Å². The van der Waals surface area contributed by atoms with Crippen LogP contribution in [0.3, 0.4) is 0 Å². The molecule has 1 amide bonds. The van der Waals surface area contributed by atoms with E-state index in [1.165, 1.54) is 35.1 Å². The minimum Gasteiger partial charge on any atom is -0.273 e. The van der Waals surface area contributed by atoms with E-state index in [4.69, 9.17) is 0 Å². The second-order valence-corrected chi connectivity index (χ2v) is 9.96. The highest BCUT2D eigenvalue weighted by atomic mass is 32.2. The first-order chi connectivity index (χ1) is 13.7. The minimum absolute atomic E-state index is 0.233. The number of rotatable bonds is 5. The Morgan fingerprint density at radius 2 is 1.79 bits per heavy atom. The van der Waals surface area contributed by atoms with E-state index in [2.05, 4.69) is 10.3 Å². The van der Waals surface area contributed by atoms with Gasteiger partial charge in [-0.15, -0.1) is 16.2 Å². The third-order valence-electron chi connectivity index (χ3n) is 5.12. The fourth-order valence-electron chi connectivity index (χ4n) is 3.38. The van der Waals surface area contributed by atoms with Gasteiger partial charge in [-0.25, -0.2) is 8.42 Å². The second-order valence-electron chi connectivity index (χ2n) is 7.18. The second kappa shape index (κ2) is 8.60. The molecule has 1 aliphatic carbocycles. The van der Waals surface area contributed by atoms with Crippen molar-refractivity contribution in [2.75, 3.05) is 0 Å². The predicted octanol–water partition coefficient (Wildman–Crippen LogP) is 3.56. The van der Waals surface area contributed by atoms with Crippen LogP contribution in [0.1, 0.15) is 56.9 Å². The van der Waals surface area contributed by atoms with Gasteiger partial charge in [0.25, 0.3) is 21.6 Å². The number of thiophene rings is 1. The van der Waals surface area contributed by atoms with Gasteiger partial charge in [0, 0.05) is 17.0 Å². The van der Waals surface area contributed by atoms with E-state index in [0.29, 0.717) is 16.0 Å². The molecule has 10 heteroatoms. The van der Waals surface area contributed by atoms with E-state index >= 15 is 0 Å². The molecule has 0 bridgehead atoms. The summed E-state index contributed by atoms with van der Waals surface area (Å²) in [5, 5.41) is 11.1. The molecule has 0 atom stereocenters. The van der Waals surface area contributed by atoms with Crippen molar-refractivity contribution in [2.24, 2.45) is 0 Å². The molecule has 8 nitrogen and oxygen atoms in total. The van der Waals surface area contributed by atoms with Gasteiger partial charge in [-0.3, -0.25) is 20.3 Å². The maximum atomic E-state index is 12.7. The highest BCUT2D eigenvalue weighted by Gasteiger charge is 2.24. The maximum absolute atomic E-state index is 12.7. The van der Waals surface area contributed by atoms with Crippen LogP contribution in [0.5, 0.6) is 0 Å². The molecule has 1 aromatic heterocycles. The summed E-state index contributed by atoms with van der Waals surface area (Å²) in [5.74, 6) is -0.537. The van der Waals surface area contributed by atoms with Crippen molar-refractivity contribution >= 4 is 33.0 Å². The number of hydrogen-bond donors (Lipinski definition) is 2. The molecule has 3 rings (SSSR count). The van der Waals surface area contributed by atoms with Crippen LogP contribution >= 0.6 is 11.3 Å². The molecule has 0 saturated heterocycles. The van der Waals surface area contributed by atoms with Crippen molar-refractivity contribution in [1.82, 2.24) is 10.3 Å². The summed E-state index contributed by atoms with van der Waals surface area (Å²) in [6.45, 7) is 3.16. The van der Waals surface area contributed by atoms with Crippen LogP contribution in [0.2, 0.25) is 0 Å². The summed E-state index contributed by atoms with van der Waals surface area (Å²) in [4.78, 5) is 26.4. The monoisotopic (exact) mass is 437 g/mol. The lowest BCUT2D eigenvalue weighted by atomic mass is 10.00. The summed E-state index contributed by atoms with van der Waals surface area (Å²) in [5.41, 5.74) is 3.94. The maximum Gasteiger partial charge on any atom is 0.276 e. The molecule has 0 unspecified atom stereocenters. The Labute approximate surface area is 173 Å². The van der Waals surface area contributed by atoms with Crippen molar-refractivity contribution < 1.29 is 18.1 Å². The molecule has 1 aliphatic rings. The summed E-state index contributed by atoms with van der Waals surface area (Å²) in [6, 6.07) is 4.14. The molecular formula is C19H23N3O5S2. The number of fused-ring (bicyclic) bond motifs is 1. The molecule has 156 valence electrons. The Bertz CT molecular complexity index is 1030. The lowest BCUT2D eigenvalue weighted by Crippen LogP contribution is -2.41. The van der Waals surface area contributed by atoms with Crippen LogP contribution < -0.4 is 10.3 Å². The fourth-order valence-corrected chi connectivity index (χ4v) is 5.71. The van der Waals surface area contributed by atoms with E-state index in [0.717, 1.165) is 37.3 Å². The van der Waals surface area contributed by atoms with Gasteiger partial charge >= 0.3 is 0 Å². The number of nitrogens with zero attached hydrogens (tertiary/aromatic N) is 1. The summed E-state index contributed by atoms with van der Waals surface area (Å²) in [7, 11) is -4.17. The van der Waals surface area contributed by atoms with Crippen molar-refractivity contribution in [3.05, 3.63) is 54.8 Å². The van der Waals surface area contributed by atoms with Crippen LogP contribution in [0.4, 0.5) is 5.69 Å². The Kier molecular flexibility index (Phi) is 6.35. The topological polar surface area (TPSA) is 118 Å². The first kappa shape index (κ1) is 21.4. The predicted molar refractivity (Wildman–Crippen MR) is 111 cm³/mol. The number of carbonyl (C=O) groups is 1. The summed E-state index contributed by atoms with van der Waals surface area (Å²) < 4.78 is 25.3.